The SMILES string of the molecule is Brc1ccc2ncnc(NC3CCN(C4CCOC4)CC3)c2c1. The quantitative estimate of drug-likeness (QED) is 0.891. The number of halogens is 1. The zero-order valence-corrected chi connectivity index (χ0v) is 14.6. The van der Waals surface area contributed by atoms with Crippen LogP contribution in [0.2, 0.25) is 0 Å². The maximum atomic E-state index is 5.51. The Labute approximate surface area is 144 Å². The van der Waals surface area contributed by atoms with Crippen LogP contribution in [0.15, 0.2) is 29.0 Å². The van der Waals surface area contributed by atoms with Gasteiger partial charge >= 0.3 is 0 Å². The molecule has 4 rings (SSSR count). The Bertz CT molecular complexity index is 681. The molecular formula is C17H21BrN4O. The van der Waals surface area contributed by atoms with Crippen molar-refractivity contribution in [1.82, 2.24) is 14.9 Å². The zero-order chi connectivity index (χ0) is 15.6. The summed E-state index contributed by atoms with van der Waals surface area (Å²) in [6.07, 6.45) is 5.12. The molecule has 122 valence electrons. The van der Waals surface area contributed by atoms with Gasteiger partial charge in [0.1, 0.15) is 12.1 Å². The first-order valence-electron chi connectivity index (χ1n) is 8.28. The summed E-state index contributed by atoms with van der Waals surface area (Å²) >= 11 is 3.54. The summed E-state index contributed by atoms with van der Waals surface area (Å²) in [5.74, 6) is 0.943. The molecule has 2 aromatic rings. The predicted molar refractivity (Wildman–Crippen MR) is 94.7 cm³/mol. The molecular weight excluding hydrogens is 356 g/mol. The molecule has 1 atom stereocenters. The van der Waals surface area contributed by atoms with Crippen molar-refractivity contribution in [2.75, 3.05) is 31.6 Å². The Kier molecular flexibility index (Phi) is 4.46. The Morgan fingerprint density at radius 2 is 2.04 bits per heavy atom. The van der Waals surface area contributed by atoms with Gasteiger partial charge in [-0.2, -0.15) is 0 Å². The number of likely N-dealkylation sites (tertiary alicyclic amines) is 1. The number of piperidine rings is 1. The summed E-state index contributed by atoms with van der Waals surface area (Å²) in [4.78, 5) is 11.4. The largest absolute Gasteiger partial charge is 0.380 e. The highest BCUT2D eigenvalue weighted by Gasteiger charge is 2.27. The molecule has 0 saturated carbocycles. The van der Waals surface area contributed by atoms with E-state index < -0.39 is 0 Å². The lowest BCUT2D eigenvalue weighted by Crippen LogP contribution is -2.44. The minimum absolute atomic E-state index is 0.477. The summed E-state index contributed by atoms with van der Waals surface area (Å²) in [5.41, 5.74) is 0.978. The molecule has 2 saturated heterocycles. The van der Waals surface area contributed by atoms with Crippen LogP contribution in [0, 0.1) is 0 Å². The number of ether oxygens (including phenoxy) is 1. The first-order valence-corrected chi connectivity index (χ1v) is 9.07. The summed E-state index contributed by atoms with van der Waals surface area (Å²) < 4.78 is 6.57. The van der Waals surface area contributed by atoms with Gasteiger partial charge in [0.25, 0.3) is 0 Å². The third-order valence-corrected chi connectivity index (χ3v) is 5.38. The van der Waals surface area contributed by atoms with Crippen molar-refractivity contribution >= 4 is 32.7 Å². The van der Waals surface area contributed by atoms with Gasteiger partial charge in [0, 0.05) is 41.6 Å². The monoisotopic (exact) mass is 376 g/mol. The highest BCUT2D eigenvalue weighted by atomic mass is 79.9. The number of aromatic nitrogens is 2. The molecule has 2 aliphatic rings. The Morgan fingerprint density at radius 3 is 2.83 bits per heavy atom. The molecule has 1 aromatic heterocycles. The lowest BCUT2D eigenvalue weighted by molar-refractivity contribution is 0.124. The normalized spacial score (nSPS) is 23.4. The van der Waals surface area contributed by atoms with Crippen molar-refractivity contribution in [1.29, 1.82) is 0 Å². The Morgan fingerprint density at radius 1 is 1.17 bits per heavy atom. The van der Waals surface area contributed by atoms with Gasteiger partial charge in [-0.05, 0) is 37.5 Å². The van der Waals surface area contributed by atoms with E-state index in [0.717, 1.165) is 60.3 Å². The van der Waals surface area contributed by atoms with Crippen LogP contribution < -0.4 is 5.32 Å². The molecule has 6 heteroatoms. The Balaban J connectivity index is 1.44. The predicted octanol–water partition coefficient (Wildman–Crippen LogP) is 3.06. The van der Waals surface area contributed by atoms with Crippen molar-refractivity contribution in [3.8, 4) is 0 Å². The fourth-order valence-corrected chi connectivity index (χ4v) is 3.92. The second-order valence-electron chi connectivity index (χ2n) is 6.36. The van der Waals surface area contributed by atoms with Crippen LogP contribution in [0.1, 0.15) is 19.3 Å². The molecule has 0 aliphatic carbocycles. The fourth-order valence-electron chi connectivity index (χ4n) is 3.56. The van der Waals surface area contributed by atoms with E-state index >= 15 is 0 Å². The van der Waals surface area contributed by atoms with Gasteiger partial charge in [0.05, 0.1) is 12.1 Å². The van der Waals surface area contributed by atoms with E-state index in [2.05, 4.69) is 42.2 Å². The fraction of sp³-hybridized carbons (Fsp3) is 0.529. The summed E-state index contributed by atoms with van der Waals surface area (Å²) in [7, 11) is 0. The summed E-state index contributed by atoms with van der Waals surface area (Å²) in [6, 6.07) is 7.23. The van der Waals surface area contributed by atoms with Gasteiger partial charge in [0.2, 0.25) is 0 Å². The minimum atomic E-state index is 0.477. The van der Waals surface area contributed by atoms with Crippen LogP contribution in [-0.2, 0) is 4.74 Å². The van der Waals surface area contributed by atoms with Crippen LogP contribution in [0.5, 0.6) is 0 Å². The van der Waals surface area contributed by atoms with Gasteiger partial charge < -0.3 is 10.1 Å². The highest BCUT2D eigenvalue weighted by Crippen LogP contribution is 2.26. The van der Waals surface area contributed by atoms with E-state index in [-0.39, 0.29) is 0 Å². The third kappa shape index (κ3) is 3.34. The molecule has 2 aliphatic heterocycles. The van der Waals surface area contributed by atoms with Crippen LogP contribution in [-0.4, -0.2) is 53.3 Å². The average Bonchev–Trinajstić information content (AvgIpc) is 3.11. The number of benzene rings is 1. The van der Waals surface area contributed by atoms with Crippen LogP contribution in [0.4, 0.5) is 5.82 Å². The van der Waals surface area contributed by atoms with E-state index in [1.807, 2.05) is 12.1 Å². The summed E-state index contributed by atoms with van der Waals surface area (Å²) in [6.45, 7) is 4.10. The molecule has 0 bridgehead atoms. The molecule has 0 radical (unpaired) electrons. The van der Waals surface area contributed by atoms with Crippen molar-refractivity contribution in [2.45, 2.75) is 31.3 Å². The van der Waals surface area contributed by atoms with Crippen molar-refractivity contribution < 1.29 is 4.74 Å². The lowest BCUT2D eigenvalue weighted by Gasteiger charge is -2.35. The molecule has 5 nitrogen and oxygen atoms in total. The smallest absolute Gasteiger partial charge is 0.137 e. The van der Waals surface area contributed by atoms with Gasteiger partial charge in [-0.3, -0.25) is 4.90 Å². The summed E-state index contributed by atoms with van der Waals surface area (Å²) in [5, 5.41) is 4.71. The molecule has 3 heterocycles. The van der Waals surface area contributed by atoms with Gasteiger partial charge in [-0.25, -0.2) is 9.97 Å². The molecule has 1 unspecified atom stereocenters. The number of fused-ring (bicyclic) bond motifs is 1. The third-order valence-electron chi connectivity index (χ3n) is 4.89. The topological polar surface area (TPSA) is 50.3 Å². The van der Waals surface area contributed by atoms with Crippen LogP contribution >= 0.6 is 15.9 Å². The molecule has 1 N–H and O–H groups in total. The highest BCUT2D eigenvalue weighted by molar-refractivity contribution is 9.10. The maximum Gasteiger partial charge on any atom is 0.137 e. The van der Waals surface area contributed by atoms with E-state index in [0.29, 0.717) is 12.1 Å². The van der Waals surface area contributed by atoms with Crippen LogP contribution in [0.3, 0.4) is 0 Å². The van der Waals surface area contributed by atoms with E-state index in [1.165, 1.54) is 6.42 Å². The van der Waals surface area contributed by atoms with Gasteiger partial charge in [-0.1, -0.05) is 15.9 Å². The molecule has 1 aromatic carbocycles. The van der Waals surface area contributed by atoms with Gasteiger partial charge in [0.15, 0.2) is 0 Å². The zero-order valence-electron chi connectivity index (χ0n) is 13.0. The molecule has 2 fully saturated rings. The van der Waals surface area contributed by atoms with Crippen LogP contribution in [0.25, 0.3) is 10.9 Å². The van der Waals surface area contributed by atoms with E-state index in [1.54, 1.807) is 6.33 Å². The average molecular weight is 377 g/mol. The van der Waals surface area contributed by atoms with Crippen molar-refractivity contribution in [2.24, 2.45) is 0 Å². The number of hydrogen-bond donors (Lipinski definition) is 1. The second-order valence-corrected chi connectivity index (χ2v) is 7.27. The first-order chi connectivity index (χ1) is 11.3. The number of nitrogens with zero attached hydrogens (tertiary/aromatic N) is 3. The minimum Gasteiger partial charge on any atom is -0.380 e. The molecule has 0 amide bonds. The molecule has 23 heavy (non-hydrogen) atoms. The van der Waals surface area contributed by atoms with E-state index in [4.69, 9.17) is 4.74 Å². The Hall–Kier alpha value is -1.24. The first kappa shape index (κ1) is 15.3. The van der Waals surface area contributed by atoms with Crippen molar-refractivity contribution in [3.63, 3.8) is 0 Å². The standard InChI is InChI=1S/C17H21BrN4O/c18-12-1-2-16-15(9-12)17(20-11-19-16)21-13-3-6-22(7-4-13)14-5-8-23-10-14/h1-2,9,11,13-14H,3-8,10H2,(H,19,20,21). The van der Waals surface area contributed by atoms with Crippen molar-refractivity contribution in [3.05, 3.63) is 29.0 Å². The van der Waals surface area contributed by atoms with Gasteiger partial charge in [-0.15, -0.1) is 0 Å². The molecule has 0 spiro atoms. The maximum absolute atomic E-state index is 5.51. The number of rotatable bonds is 3. The number of nitrogens with one attached hydrogen (secondary N) is 1. The van der Waals surface area contributed by atoms with E-state index in [9.17, 15) is 0 Å². The lowest BCUT2D eigenvalue weighted by atomic mass is 10.0. The second kappa shape index (κ2) is 6.71. The number of hydrogen-bond acceptors (Lipinski definition) is 5. The number of anilines is 1.